The zero-order valence-electron chi connectivity index (χ0n) is 33.1. The fraction of sp³-hybridized carbons (Fsp3) is 0.826. The summed E-state index contributed by atoms with van der Waals surface area (Å²) in [6.07, 6.45) is 21.7. The summed E-state index contributed by atoms with van der Waals surface area (Å²) in [4.78, 5) is 51.1. The minimum absolute atomic E-state index is 0.0756. The fourth-order valence-electron chi connectivity index (χ4n) is 15.5. The topological polar surface area (TPSA) is 86.7 Å². The van der Waals surface area contributed by atoms with Gasteiger partial charge in [-0.3, -0.25) is 19.2 Å². The zero-order chi connectivity index (χ0) is 36.8. The van der Waals surface area contributed by atoms with Gasteiger partial charge in [-0.05, 0) is 161 Å². The smallest absolute Gasteiger partial charge is 0.306 e. The van der Waals surface area contributed by atoms with Gasteiger partial charge in [0.2, 0.25) is 0 Å². The molecule has 0 aromatic carbocycles. The predicted molar refractivity (Wildman–Crippen MR) is 201 cm³/mol. The Kier molecular flexibility index (Phi) is 9.33. The molecule has 0 aromatic heterocycles. The summed E-state index contributed by atoms with van der Waals surface area (Å²) in [5, 5.41) is 0. The van der Waals surface area contributed by atoms with Crippen molar-refractivity contribution in [1.29, 1.82) is 0 Å². The Morgan fingerprint density at radius 3 is 1.35 bits per heavy atom. The summed E-state index contributed by atoms with van der Waals surface area (Å²) >= 11 is 0. The molecule has 6 nitrogen and oxygen atoms in total. The van der Waals surface area contributed by atoms with Gasteiger partial charge in [0.05, 0.1) is 12.8 Å². The average Bonchev–Trinajstić information content (AvgIpc) is 3.65. The van der Waals surface area contributed by atoms with Crippen LogP contribution in [-0.2, 0) is 28.7 Å². The van der Waals surface area contributed by atoms with Gasteiger partial charge in [-0.25, -0.2) is 0 Å². The number of ether oxygens (including phenoxy) is 2. The van der Waals surface area contributed by atoms with E-state index in [2.05, 4.69) is 39.8 Å². The van der Waals surface area contributed by atoms with Crippen LogP contribution in [0.2, 0.25) is 0 Å². The molecule has 0 aliphatic heterocycles. The van der Waals surface area contributed by atoms with Crippen LogP contribution in [0.15, 0.2) is 23.3 Å². The lowest BCUT2D eigenvalue weighted by atomic mass is 9.47. The summed E-state index contributed by atoms with van der Waals surface area (Å²) < 4.78 is 12.1. The molecule has 0 bridgehead atoms. The summed E-state index contributed by atoms with van der Waals surface area (Å²) in [6, 6.07) is 0. The Morgan fingerprint density at radius 2 is 0.962 bits per heavy atom. The monoisotopic (exact) mass is 714 g/mol. The van der Waals surface area contributed by atoms with Gasteiger partial charge in [0.1, 0.15) is 23.8 Å². The molecular weight excluding hydrogens is 649 g/mol. The minimum Gasteiger partial charge on any atom is -0.462 e. The van der Waals surface area contributed by atoms with E-state index in [1.54, 1.807) is 13.8 Å². The second-order valence-electron chi connectivity index (χ2n) is 20.3. The maximum Gasteiger partial charge on any atom is 0.306 e. The summed E-state index contributed by atoms with van der Waals surface area (Å²) in [5.74, 6) is 4.55. The molecule has 6 heteroatoms. The molecule has 0 N–H and O–H groups in total. The van der Waals surface area contributed by atoms with Gasteiger partial charge < -0.3 is 9.47 Å². The quantitative estimate of drug-likeness (QED) is 0.193. The normalized spacial score (nSPS) is 47.6. The predicted octanol–water partition coefficient (Wildman–Crippen LogP) is 9.93. The van der Waals surface area contributed by atoms with Crippen molar-refractivity contribution in [1.82, 2.24) is 0 Å². The number of allylic oxidation sites excluding steroid dienone is 2. The highest BCUT2D eigenvalue weighted by Gasteiger charge is 2.61. The molecule has 0 heterocycles. The number of Topliss-reactive ketones (excluding diaryl/α,β-unsaturated/α-hetero) is 2. The van der Waals surface area contributed by atoms with E-state index in [9.17, 15) is 19.2 Å². The molecule has 8 aliphatic carbocycles. The Labute approximate surface area is 313 Å². The van der Waals surface area contributed by atoms with Crippen LogP contribution >= 0.6 is 0 Å². The van der Waals surface area contributed by atoms with Crippen LogP contribution in [0.1, 0.15) is 157 Å². The van der Waals surface area contributed by atoms with Crippen molar-refractivity contribution in [3.63, 3.8) is 0 Å². The molecule has 8 aliphatic rings. The van der Waals surface area contributed by atoms with Crippen molar-refractivity contribution in [3.05, 3.63) is 23.3 Å². The van der Waals surface area contributed by atoms with Crippen molar-refractivity contribution >= 4 is 23.5 Å². The van der Waals surface area contributed by atoms with Crippen molar-refractivity contribution in [2.45, 2.75) is 169 Å². The van der Waals surface area contributed by atoms with Crippen molar-refractivity contribution in [2.24, 2.45) is 69.0 Å². The van der Waals surface area contributed by atoms with Crippen LogP contribution in [0.5, 0.6) is 0 Å². The van der Waals surface area contributed by atoms with Crippen molar-refractivity contribution < 1.29 is 28.7 Å². The van der Waals surface area contributed by atoms with Crippen LogP contribution in [0, 0.1) is 69.0 Å². The second kappa shape index (κ2) is 13.2. The number of hydrogen-bond acceptors (Lipinski definition) is 6. The number of rotatable bonds is 7. The van der Waals surface area contributed by atoms with Gasteiger partial charge in [0.25, 0.3) is 0 Å². The van der Waals surface area contributed by atoms with Gasteiger partial charge in [-0.15, -0.1) is 0 Å². The molecule has 0 spiro atoms. The van der Waals surface area contributed by atoms with Crippen molar-refractivity contribution in [3.8, 4) is 0 Å². The van der Waals surface area contributed by atoms with Crippen LogP contribution in [0.25, 0.3) is 0 Å². The summed E-state index contributed by atoms with van der Waals surface area (Å²) in [5.41, 5.74) is 3.58. The minimum atomic E-state index is -0.282. The van der Waals surface area contributed by atoms with E-state index < -0.39 is 0 Å². The molecule has 6 saturated carbocycles. The highest BCUT2D eigenvalue weighted by atomic mass is 16.6. The molecule has 0 aromatic rings. The molecule has 8 rings (SSSR count). The third-order valence-corrected chi connectivity index (χ3v) is 18.2. The molecule has 0 radical (unpaired) electrons. The van der Waals surface area contributed by atoms with E-state index in [1.807, 2.05) is 0 Å². The van der Waals surface area contributed by atoms with E-state index in [0.717, 1.165) is 77.0 Å². The lowest BCUT2D eigenvalue weighted by Crippen LogP contribution is -2.51. The Balaban J connectivity index is 0.813. The highest BCUT2D eigenvalue weighted by Crippen LogP contribution is 2.68. The third kappa shape index (κ3) is 5.75. The first-order valence-corrected chi connectivity index (χ1v) is 21.5. The Hall–Kier alpha value is -2.24. The van der Waals surface area contributed by atoms with Gasteiger partial charge in [0, 0.05) is 24.7 Å². The van der Waals surface area contributed by atoms with Crippen LogP contribution in [0.4, 0.5) is 0 Å². The Morgan fingerprint density at radius 1 is 0.558 bits per heavy atom. The van der Waals surface area contributed by atoms with E-state index in [4.69, 9.17) is 9.47 Å². The molecule has 14 atom stereocenters. The molecule has 14 unspecified atom stereocenters. The first kappa shape index (κ1) is 36.7. The van der Waals surface area contributed by atoms with E-state index in [1.165, 1.54) is 36.8 Å². The largest absolute Gasteiger partial charge is 0.462 e. The number of carbonyl (C=O) groups excluding carboxylic acids is 4. The molecular formula is C46H66O6. The number of fused-ring (bicyclic) bond motifs is 10. The number of hydrogen-bond donors (Lipinski definition) is 0. The molecule has 0 amide bonds. The van der Waals surface area contributed by atoms with Crippen LogP contribution in [-0.4, -0.2) is 35.7 Å². The summed E-state index contributed by atoms with van der Waals surface area (Å²) in [6.45, 7) is 13.3. The summed E-state index contributed by atoms with van der Waals surface area (Å²) in [7, 11) is 0. The maximum absolute atomic E-state index is 13.0. The lowest BCUT2D eigenvalue weighted by Gasteiger charge is -2.58. The first-order valence-electron chi connectivity index (χ1n) is 21.5. The second-order valence-corrected chi connectivity index (χ2v) is 20.3. The van der Waals surface area contributed by atoms with Gasteiger partial charge in [0.15, 0.2) is 0 Å². The third-order valence-electron chi connectivity index (χ3n) is 18.2. The lowest BCUT2D eigenvalue weighted by molar-refractivity contribution is -0.158. The maximum atomic E-state index is 13.0. The average molecular weight is 715 g/mol. The number of esters is 2. The zero-order valence-corrected chi connectivity index (χ0v) is 33.1. The number of ketones is 2. The molecule has 6 fully saturated rings. The standard InChI is InChI=1S/C46H66O6/c1-27(47)35-11-13-37-33-9-7-29-25-31(17-21-43(29,3)39(33)19-23-45(35,37)5)51-41(49)15-16-42(50)52-32-18-22-44(4)30(26-32)8-10-34-38-14-12-36(28(2)48)46(38,6)24-20-40(34)44/h7-8,31-40H,9-26H2,1-6H3. The van der Waals surface area contributed by atoms with Crippen LogP contribution in [0.3, 0.4) is 0 Å². The van der Waals surface area contributed by atoms with Gasteiger partial charge >= 0.3 is 11.9 Å². The van der Waals surface area contributed by atoms with E-state index in [0.29, 0.717) is 47.1 Å². The molecule has 286 valence electrons. The molecule has 52 heavy (non-hydrogen) atoms. The number of carbonyl (C=O) groups is 4. The van der Waals surface area contributed by atoms with Gasteiger partial charge in [-0.2, -0.15) is 0 Å². The van der Waals surface area contributed by atoms with E-state index in [-0.39, 0.29) is 70.5 Å². The van der Waals surface area contributed by atoms with E-state index >= 15 is 0 Å². The first-order chi connectivity index (χ1) is 24.7. The van der Waals surface area contributed by atoms with Gasteiger partial charge in [-0.1, -0.05) is 51.0 Å². The highest BCUT2D eigenvalue weighted by molar-refractivity contribution is 5.80. The fourth-order valence-corrected chi connectivity index (χ4v) is 15.5. The molecule has 0 saturated heterocycles. The Bertz CT molecular complexity index is 1440. The van der Waals surface area contributed by atoms with Crippen LogP contribution < -0.4 is 0 Å². The van der Waals surface area contributed by atoms with Crippen molar-refractivity contribution in [2.75, 3.05) is 0 Å². The SMILES string of the molecule is CC(=O)C1CCC2C3CC=C4CC(OC(=O)CCC(=O)OC5CCC6(C)C(=CCC7C6CCC6(C)C(C(C)=O)CCC76)C5)CCC4(C)C3CCC12C.